The molecule has 0 bridgehead atoms. The highest BCUT2D eigenvalue weighted by molar-refractivity contribution is 4.82. The summed E-state index contributed by atoms with van der Waals surface area (Å²) in [5.41, 5.74) is 0. The quantitative estimate of drug-likeness (QED) is 0.848. The molecule has 0 aromatic rings. The zero-order valence-electron chi connectivity index (χ0n) is 13.2. The van der Waals surface area contributed by atoms with E-state index in [0.717, 1.165) is 38.1 Å². The van der Waals surface area contributed by atoms with E-state index >= 15 is 0 Å². The summed E-state index contributed by atoms with van der Waals surface area (Å²) in [6, 6.07) is 1.35. The number of hydrogen-bond donors (Lipinski definition) is 1. The van der Waals surface area contributed by atoms with Crippen molar-refractivity contribution >= 4 is 0 Å². The maximum atomic E-state index is 5.89. The molecule has 0 aromatic heterocycles. The van der Waals surface area contributed by atoms with Crippen LogP contribution in [0.1, 0.15) is 47.0 Å². The Bertz CT molecular complexity index is 269. The molecule has 1 aliphatic carbocycles. The Kier molecular flexibility index (Phi) is 5.67. The molecule has 2 aliphatic rings. The maximum Gasteiger partial charge on any atom is 0.0826 e. The van der Waals surface area contributed by atoms with Crippen LogP contribution in [0.2, 0.25) is 0 Å². The Hall–Kier alpha value is -0.120. The van der Waals surface area contributed by atoms with Gasteiger partial charge in [-0.1, -0.05) is 13.8 Å². The van der Waals surface area contributed by atoms with Crippen LogP contribution in [0, 0.1) is 11.8 Å². The number of rotatable bonds is 4. The minimum Gasteiger partial charge on any atom is -0.374 e. The zero-order valence-corrected chi connectivity index (χ0v) is 13.2. The highest BCUT2D eigenvalue weighted by atomic mass is 16.5. The lowest BCUT2D eigenvalue weighted by Gasteiger charge is -2.37. The Morgan fingerprint density at radius 3 is 2.68 bits per heavy atom. The van der Waals surface area contributed by atoms with E-state index in [4.69, 9.17) is 4.74 Å². The van der Waals surface area contributed by atoms with Crippen LogP contribution in [0.5, 0.6) is 0 Å². The van der Waals surface area contributed by atoms with Gasteiger partial charge in [-0.25, -0.2) is 0 Å². The van der Waals surface area contributed by atoms with Crippen molar-refractivity contribution in [2.75, 3.05) is 26.2 Å². The predicted octanol–water partition coefficient (Wildman–Crippen LogP) is 2.51. The molecule has 4 atom stereocenters. The van der Waals surface area contributed by atoms with Crippen LogP contribution in [0.3, 0.4) is 0 Å². The van der Waals surface area contributed by atoms with E-state index in [9.17, 15) is 0 Å². The van der Waals surface area contributed by atoms with Crippen LogP contribution >= 0.6 is 0 Å². The fourth-order valence-electron chi connectivity index (χ4n) is 3.37. The van der Waals surface area contributed by atoms with Gasteiger partial charge in [-0.15, -0.1) is 0 Å². The van der Waals surface area contributed by atoms with Gasteiger partial charge in [0.25, 0.3) is 0 Å². The molecule has 0 spiro atoms. The molecule has 1 saturated heterocycles. The van der Waals surface area contributed by atoms with Crippen molar-refractivity contribution in [3.8, 4) is 0 Å². The van der Waals surface area contributed by atoms with Gasteiger partial charge < -0.3 is 10.1 Å². The molecule has 112 valence electrons. The fraction of sp³-hybridized carbons (Fsp3) is 1.00. The first-order valence-electron chi connectivity index (χ1n) is 8.15. The van der Waals surface area contributed by atoms with E-state index in [0.29, 0.717) is 18.2 Å². The Balaban J connectivity index is 1.70. The molecule has 0 amide bonds. The number of morpholine rings is 1. The zero-order chi connectivity index (χ0) is 13.8. The van der Waals surface area contributed by atoms with E-state index in [-0.39, 0.29) is 0 Å². The molecule has 1 saturated carbocycles. The van der Waals surface area contributed by atoms with Crippen LogP contribution in [0.25, 0.3) is 0 Å². The van der Waals surface area contributed by atoms with E-state index < -0.39 is 0 Å². The summed E-state index contributed by atoms with van der Waals surface area (Å²) >= 11 is 0. The highest BCUT2D eigenvalue weighted by Gasteiger charge is 2.26. The van der Waals surface area contributed by atoms with Crippen molar-refractivity contribution in [1.29, 1.82) is 0 Å². The van der Waals surface area contributed by atoms with Crippen LogP contribution in [0.4, 0.5) is 0 Å². The van der Waals surface area contributed by atoms with Crippen LogP contribution < -0.4 is 5.32 Å². The SMILES string of the molecule is CC1CCC(NCC2CN(C(C)C)CCO2)CC1C. The second kappa shape index (κ2) is 7.05. The molecule has 4 unspecified atom stereocenters. The summed E-state index contributed by atoms with van der Waals surface area (Å²) in [5.74, 6) is 1.77. The molecule has 0 radical (unpaired) electrons. The molecule has 1 heterocycles. The summed E-state index contributed by atoms with van der Waals surface area (Å²) in [7, 11) is 0. The lowest BCUT2D eigenvalue weighted by Crippen LogP contribution is -2.50. The van der Waals surface area contributed by atoms with Crippen molar-refractivity contribution in [3.05, 3.63) is 0 Å². The monoisotopic (exact) mass is 268 g/mol. The molecule has 2 fully saturated rings. The van der Waals surface area contributed by atoms with Gasteiger partial charge in [0.2, 0.25) is 0 Å². The number of nitrogens with one attached hydrogen (secondary N) is 1. The number of nitrogens with zero attached hydrogens (tertiary/aromatic N) is 1. The number of ether oxygens (including phenoxy) is 1. The van der Waals surface area contributed by atoms with Gasteiger partial charge in [-0.2, -0.15) is 0 Å². The van der Waals surface area contributed by atoms with Crippen LogP contribution in [-0.4, -0.2) is 49.3 Å². The van der Waals surface area contributed by atoms with E-state index in [1.165, 1.54) is 19.3 Å². The first kappa shape index (κ1) is 15.3. The molecule has 2 rings (SSSR count). The Morgan fingerprint density at radius 1 is 1.21 bits per heavy atom. The summed E-state index contributed by atoms with van der Waals surface area (Å²) < 4.78 is 5.89. The minimum absolute atomic E-state index is 0.380. The Labute approximate surface area is 119 Å². The lowest BCUT2D eigenvalue weighted by atomic mass is 9.79. The van der Waals surface area contributed by atoms with E-state index in [2.05, 4.69) is 37.9 Å². The van der Waals surface area contributed by atoms with Gasteiger partial charge in [0, 0.05) is 31.7 Å². The molecular weight excluding hydrogens is 236 g/mol. The molecule has 1 aliphatic heterocycles. The lowest BCUT2D eigenvalue weighted by molar-refractivity contribution is -0.0389. The molecule has 0 aromatic carbocycles. The minimum atomic E-state index is 0.380. The molecule has 3 nitrogen and oxygen atoms in total. The third-order valence-electron chi connectivity index (χ3n) is 5.13. The second-order valence-corrected chi connectivity index (χ2v) is 6.95. The number of hydrogen-bond acceptors (Lipinski definition) is 3. The van der Waals surface area contributed by atoms with Gasteiger partial charge in [0.1, 0.15) is 0 Å². The summed E-state index contributed by atoms with van der Waals surface area (Å²) in [6.45, 7) is 13.4. The molecular formula is C16H32N2O. The maximum absolute atomic E-state index is 5.89. The van der Waals surface area contributed by atoms with Gasteiger partial charge in [-0.05, 0) is 44.9 Å². The predicted molar refractivity (Wildman–Crippen MR) is 80.4 cm³/mol. The van der Waals surface area contributed by atoms with Gasteiger partial charge in [0.15, 0.2) is 0 Å². The molecule has 3 heteroatoms. The van der Waals surface area contributed by atoms with E-state index in [1.807, 2.05) is 0 Å². The highest BCUT2D eigenvalue weighted by Crippen LogP contribution is 2.29. The third-order valence-corrected chi connectivity index (χ3v) is 5.13. The average molecular weight is 268 g/mol. The first-order chi connectivity index (χ1) is 9.06. The molecule has 19 heavy (non-hydrogen) atoms. The van der Waals surface area contributed by atoms with Crippen LogP contribution in [-0.2, 0) is 4.74 Å². The summed E-state index contributed by atoms with van der Waals surface area (Å²) in [6.07, 6.45) is 4.43. The van der Waals surface area contributed by atoms with Crippen molar-refractivity contribution < 1.29 is 4.74 Å². The molecule has 1 N–H and O–H groups in total. The second-order valence-electron chi connectivity index (χ2n) is 6.95. The largest absolute Gasteiger partial charge is 0.374 e. The van der Waals surface area contributed by atoms with Crippen molar-refractivity contribution in [2.24, 2.45) is 11.8 Å². The third kappa shape index (κ3) is 4.44. The first-order valence-corrected chi connectivity index (χ1v) is 8.15. The normalized spacial score (nSPS) is 37.7. The van der Waals surface area contributed by atoms with Crippen molar-refractivity contribution in [1.82, 2.24) is 10.2 Å². The van der Waals surface area contributed by atoms with Crippen molar-refractivity contribution in [2.45, 2.75) is 65.1 Å². The topological polar surface area (TPSA) is 24.5 Å². The average Bonchev–Trinajstić information content (AvgIpc) is 2.40. The van der Waals surface area contributed by atoms with Gasteiger partial charge in [0.05, 0.1) is 12.7 Å². The summed E-state index contributed by atoms with van der Waals surface area (Å²) in [4.78, 5) is 2.53. The van der Waals surface area contributed by atoms with Crippen LogP contribution in [0.15, 0.2) is 0 Å². The Morgan fingerprint density at radius 2 is 2.00 bits per heavy atom. The smallest absolute Gasteiger partial charge is 0.0826 e. The van der Waals surface area contributed by atoms with Crippen molar-refractivity contribution in [3.63, 3.8) is 0 Å². The van der Waals surface area contributed by atoms with E-state index in [1.54, 1.807) is 0 Å². The standard InChI is InChI=1S/C16H32N2O/c1-12(2)18-7-8-19-16(11-18)10-17-15-6-5-13(3)14(4)9-15/h12-17H,5-11H2,1-4H3. The fourth-order valence-corrected chi connectivity index (χ4v) is 3.37. The van der Waals surface area contributed by atoms with Gasteiger partial charge >= 0.3 is 0 Å². The summed E-state index contributed by atoms with van der Waals surface area (Å²) in [5, 5.41) is 3.75. The van der Waals surface area contributed by atoms with Gasteiger partial charge in [-0.3, -0.25) is 4.90 Å².